The summed E-state index contributed by atoms with van der Waals surface area (Å²) in [6.07, 6.45) is 6.42. The first-order valence-corrected chi connectivity index (χ1v) is 7.34. The predicted molar refractivity (Wildman–Crippen MR) is 84.0 cm³/mol. The predicted octanol–water partition coefficient (Wildman–Crippen LogP) is 4.97. The first-order valence-electron chi connectivity index (χ1n) is 7.34. The number of aliphatic hydroxyl groups is 1. The van der Waals surface area contributed by atoms with Gasteiger partial charge in [-0.3, -0.25) is 0 Å². The molecule has 0 fully saturated rings. The van der Waals surface area contributed by atoms with Gasteiger partial charge < -0.3 is 5.11 Å². The van der Waals surface area contributed by atoms with E-state index in [9.17, 15) is 5.11 Å². The highest BCUT2D eigenvalue weighted by Crippen LogP contribution is 2.54. The molecular weight excluding hydrogens is 232 g/mol. The van der Waals surface area contributed by atoms with Gasteiger partial charge >= 0.3 is 0 Å². The van der Waals surface area contributed by atoms with E-state index in [2.05, 4.69) is 80.5 Å². The molecule has 0 aliphatic heterocycles. The maximum absolute atomic E-state index is 11.7. The second-order valence-electron chi connectivity index (χ2n) is 9.08. The topological polar surface area (TPSA) is 20.2 Å². The van der Waals surface area contributed by atoms with E-state index >= 15 is 0 Å². The van der Waals surface area contributed by atoms with E-state index in [1.807, 2.05) is 0 Å². The molecule has 0 radical (unpaired) electrons. The first kappa shape index (κ1) is 16.5. The Bertz CT molecular complexity index is 393. The zero-order chi connectivity index (χ0) is 15.3. The number of hydrogen-bond acceptors (Lipinski definition) is 1. The molecule has 1 nitrogen and oxygen atoms in total. The molecule has 1 aliphatic carbocycles. The van der Waals surface area contributed by atoms with Crippen LogP contribution in [0.1, 0.15) is 62.3 Å². The Labute approximate surface area is 119 Å². The fraction of sp³-hybridized carbons (Fsp3) is 0.778. The first-order chi connectivity index (χ1) is 8.22. The quantitative estimate of drug-likeness (QED) is 0.655. The molecule has 1 rings (SSSR count). The smallest absolute Gasteiger partial charge is 0.0980 e. The maximum atomic E-state index is 11.7. The van der Waals surface area contributed by atoms with Gasteiger partial charge in [0.15, 0.2) is 0 Å². The number of allylic oxidation sites excluding steroid dienone is 2. The fourth-order valence-corrected chi connectivity index (χ4v) is 3.30. The van der Waals surface area contributed by atoms with Crippen LogP contribution in [-0.2, 0) is 0 Å². The molecule has 1 N–H and O–H groups in total. The number of rotatable bonds is 0. The van der Waals surface area contributed by atoms with Crippen molar-refractivity contribution in [2.75, 3.05) is 0 Å². The Morgan fingerprint density at radius 1 is 0.947 bits per heavy atom. The zero-order valence-corrected chi connectivity index (χ0v) is 14.3. The summed E-state index contributed by atoms with van der Waals surface area (Å²) in [7, 11) is 0. The molecule has 0 saturated heterocycles. The minimum Gasteiger partial charge on any atom is -0.384 e. The summed E-state index contributed by atoms with van der Waals surface area (Å²) < 4.78 is 0. The van der Waals surface area contributed by atoms with Crippen molar-refractivity contribution in [1.29, 1.82) is 0 Å². The van der Waals surface area contributed by atoms with Crippen molar-refractivity contribution in [1.82, 2.24) is 0 Å². The van der Waals surface area contributed by atoms with Gasteiger partial charge in [-0.05, 0) is 21.8 Å². The Morgan fingerprint density at radius 2 is 1.42 bits per heavy atom. The van der Waals surface area contributed by atoms with Crippen LogP contribution in [0.2, 0.25) is 0 Å². The summed E-state index contributed by atoms with van der Waals surface area (Å²) in [5.74, 6) is 0.124. The second kappa shape index (κ2) is 4.48. The van der Waals surface area contributed by atoms with Gasteiger partial charge in [0.1, 0.15) is 0 Å². The number of hydrogen-bond donors (Lipinski definition) is 1. The average molecular weight is 264 g/mol. The third-order valence-electron chi connectivity index (χ3n) is 4.31. The SMILES string of the molecule is CC(C)(C)C1=CC=CC(C(C)(C)C)C1(O)C(C)(C)C. The van der Waals surface area contributed by atoms with Crippen LogP contribution in [-0.4, -0.2) is 10.7 Å². The largest absolute Gasteiger partial charge is 0.384 e. The standard InChI is InChI=1S/C18H32O/c1-15(2,3)13-11-10-12-14(16(4,5)6)18(13,19)17(7,8)9/h10-13,19H,1-9H3. The molecule has 2 atom stereocenters. The summed E-state index contributed by atoms with van der Waals surface area (Å²) >= 11 is 0. The van der Waals surface area contributed by atoms with Gasteiger partial charge in [-0.25, -0.2) is 0 Å². The lowest BCUT2D eigenvalue weighted by Gasteiger charge is -2.55. The van der Waals surface area contributed by atoms with E-state index in [0.29, 0.717) is 0 Å². The van der Waals surface area contributed by atoms with Crippen LogP contribution in [0.4, 0.5) is 0 Å². The van der Waals surface area contributed by atoms with Gasteiger partial charge in [-0.2, -0.15) is 0 Å². The molecule has 0 aromatic rings. The minimum absolute atomic E-state index is 0.0310. The molecule has 1 heteroatoms. The molecule has 1 aliphatic rings. The van der Waals surface area contributed by atoms with Crippen LogP contribution in [0.15, 0.2) is 23.8 Å². The zero-order valence-electron chi connectivity index (χ0n) is 14.3. The summed E-state index contributed by atoms with van der Waals surface area (Å²) in [5.41, 5.74) is 0.141. The van der Waals surface area contributed by atoms with Gasteiger partial charge in [0.25, 0.3) is 0 Å². The molecule has 19 heavy (non-hydrogen) atoms. The van der Waals surface area contributed by atoms with Crippen LogP contribution < -0.4 is 0 Å². The van der Waals surface area contributed by atoms with E-state index in [0.717, 1.165) is 5.57 Å². The summed E-state index contributed by atoms with van der Waals surface area (Å²) in [5, 5.41) is 11.7. The fourth-order valence-electron chi connectivity index (χ4n) is 3.30. The van der Waals surface area contributed by atoms with Crippen molar-refractivity contribution in [3.63, 3.8) is 0 Å². The maximum Gasteiger partial charge on any atom is 0.0980 e. The van der Waals surface area contributed by atoms with Gasteiger partial charge in [-0.15, -0.1) is 0 Å². The Hall–Kier alpha value is -0.560. The van der Waals surface area contributed by atoms with Crippen molar-refractivity contribution in [3.05, 3.63) is 23.8 Å². The highest BCUT2D eigenvalue weighted by molar-refractivity contribution is 5.37. The normalized spacial score (nSPS) is 29.4. The van der Waals surface area contributed by atoms with E-state index in [1.54, 1.807) is 0 Å². The van der Waals surface area contributed by atoms with Crippen molar-refractivity contribution in [2.24, 2.45) is 22.2 Å². The molecule has 0 heterocycles. The van der Waals surface area contributed by atoms with Crippen LogP contribution >= 0.6 is 0 Å². The van der Waals surface area contributed by atoms with Crippen molar-refractivity contribution in [3.8, 4) is 0 Å². The molecule has 0 spiro atoms. The molecule has 0 aromatic carbocycles. The highest BCUT2D eigenvalue weighted by atomic mass is 16.3. The van der Waals surface area contributed by atoms with Gasteiger partial charge in [-0.1, -0.05) is 80.5 Å². The van der Waals surface area contributed by atoms with Gasteiger partial charge in [0.05, 0.1) is 5.60 Å². The summed E-state index contributed by atoms with van der Waals surface area (Å²) in [6, 6.07) is 0. The second-order valence-corrected chi connectivity index (χ2v) is 9.08. The molecule has 0 saturated carbocycles. The molecule has 0 bridgehead atoms. The van der Waals surface area contributed by atoms with Crippen molar-refractivity contribution in [2.45, 2.75) is 67.9 Å². The van der Waals surface area contributed by atoms with Gasteiger partial charge in [0.2, 0.25) is 0 Å². The summed E-state index contributed by atoms with van der Waals surface area (Å²) in [6.45, 7) is 19.6. The molecule has 0 aromatic heterocycles. The Balaban J connectivity index is 3.51. The lowest BCUT2D eigenvalue weighted by atomic mass is 9.53. The van der Waals surface area contributed by atoms with Crippen LogP contribution in [0.3, 0.4) is 0 Å². The van der Waals surface area contributed by atoms with E-state index < -0.39 is 5.60 Å². The van der Waals surface area contributed by atoms with Crippen LogP contribution in [0, 0.1) is 22.2 Å². The monoisotopic (exact) mass is 264 g/mol. The van der Waals surface area contributed by atoms with Gasteiger partial charge in [0, 0.05) is 5.92 Å². The third kappa shape index (κ3) is 2.81. The highest BCUT2D eigenvalue weighted by Gasteiger charge is 2.54. The van der Waals surface area contributed by atoms with Crippen LogP contribution in [0.25, 0.3) is 0 Å². The minimum atomic E-state index is -0.807. The summed E-state index contributed by atoms with van der Waals surface area (Å²) in [4.78, 5) is 0. The molecule has 2 unspecified atom stereocenters. The molecule has 110 valence electrons. The molecular formula is C18H32O. The molecule has 0 amide bonds. The van der Waals surface area contributed by atoms with Crippen molar-refractivity contribution < 1.29 is 5.11 Å². The third-order valence-corrected chi connectivity index (χ3v) is 4.31. The lowest BCUT2D eigenvalue weighted by Crippen LogP contribution is -2.57. The van der Waals surface area contributed by atoms with E-state index in [-0.39, 0.29) is 22.2 Å². The van der Waals surface area contributed by atoms with Crippen molar-refractivity contribution >= 4 is 0 Å². The van der Waals surface area contributed by atoms with E-state index in [1.165, 1.54) is 0 Å². The Kier molecular flexibility index (Phi) is 3.89. The van der Waals surface area contributed by atoms with E-state index in [4.69, 9.17) is 0 Å². The Morgan fingerprint density at radius 3 is 1.74 bits per heavy atom. The average Bonchev–Trinajstić information content (AvgIpc) is 2.12. The lowest BCUT2D eigenvalue weighted by molar-refractivity contribution is -0.0998. The van der Waals surface area contributed by atoms with Crippen LogP contribution in [0.5, 0.6) is 0 Å².